The van der Waals surface area contributed by atoms with Crippen LogP contribution in [0.5, 0.6) is 0 Å². The van der Waals surface area contributed by atoms with E-state index in [1.165, 1.54) is 0 Å². The van der Waals surface area contributed by atoms with Gasteiger partial charge in [0, 0.05) is 19.0 Å². The second kappa shape index (κ2) is 12.7. The lowest BCUT2D eigenvalue weighted by atomic mass is 9.87. The van der Waals surface area contributed by atoms with Crippen molar-refractivity contribution in [1.82, 2.24) is 9.62 Å². The molecule has 0 aromatic carbocycles. The van der Waals surface area contributed by atoms with Crippen molar-refractivity contribution in [2.24, 2.45) is 5.92 Å². The number of likely N-dealkylation sites (tertiary alicyclic amines) is 1. The third-order valence-electron chi connectivity index (χ3n) is 5.77. The van der Waals surface area contributed by atoms with Gasteiger partial charge >= 0.3 is 11.9 Å². The van der Waals surface area contributed by atoms with Crippen molar-refractivity contribution in [3.8, 4) is 0 Å². The smallest absolute Gasteiger partial charge is 0.326 e. The van der Waals surface area contributed by atoms with Crippen LogP contribution in [0.25, 0.3) is 0 Å². The molecule has 1 aliphatic carbocycles. The SMILES string of the molecule is CCOC(=O)C1CCC(OC(NS(=O)(=O)C(CCCl)C(=O)OC(C)(C)C)N2CCCC2)CC1. The first kappa shape index (κ1) is 28.3. The Morgan fingerprint density at radius 3 is 2.24 bits per heavy atom. The molecule has 2 fully saturated rings. The van der Waals surface area contributed by atoms with Gasteiger partial charge < -0.3 is 14.2 Å². The van der Waals surface area contributed by atoms with Crippen molar-refractivity contribution in [2.75, 3.05) is 25.6 Å². The molecule has 0 aromatic rings. The number of nitrogens with one attached hydrogen (secondary N) is 1. The second-order valence-corrected chi connectivity index (χ2v) is 11.9. The van der Waals surface area contributed by atoms with Crippen molar-refractivity contribution in [1.29, 1.82) is 0 Å². The van der Waals surface area contributed by atoms with E-state index in [0.29, 0.717) is 45.4 Å². The number of esters is 2. The summed E-state index contributed by atoms with van der Waals surface area (Å²) in [7, 11) is -4.12. The summed E-state index contributed by atoms with van der Waals surface area (Å²) >= 11 is 5.82. The fourth-order valence-corrected chi connectivity index (χ4v) is 5.86. The average Bonchev–Trinajstić information content (AvgIpc) is 3.25. The number of rotatable bonds is 11. The third-order valence-corrected chi connectivity index (χ3v) is 7.69. The first-order valence-electron chi connectivity index (χ1n) is 11.8. The quantitative estimate of drug-likeness (QED) is 0.256. The van der Waals surface area contributed by atoms with Crippen molar-refractivity contribution in [3.63, 3.8) is 0 Å². The number of carbonyl (C=O) groups is 2. The Morgan fingerprint density at radius 1 is 1.12 bits per heavy atom. The van der Waals surface area contributed by atoms with E-state index in [9.17, 15) is 18.0 Å². The monoisotopic (exact) mass is 510 g/mol. The molecule has 1 saturated heterocycles. The van der Waals surface area contributed by atoms with Gasteiger partial charge in [-0.3, -0.25) is 14.5 Å². The first-order valence-corrected chi connectivity index (χ1v) is 13.9. The van der Waals surface area contributed by atoms with Gasteiger partial charge in [0.2, 0.25) is 10.0 Å². The van der Waals surface area contributed by atoms with Gasteiger partial charge in [-0.15, -0.1) is 11.6 Å². The molecule has 33 heavy (non-hydrogen) atoms. The van der Waals surface area contributed by atoms with Crippen LogP contribution in [0, 0.1) is 5.92 Å². The molecule has 2 atom stereocenters. The molecule has 0 spiro atoms. The summed E-state index contributed by atoms with van der Waals surface area (Å²) in [6, 6.07) is 0. The maximum Gasteiger partial charge on any atom is 0.326 e. The highest BCUT2D eigenvalue weighted by Crippen LogP contribution is 2.29. The van der Waals surface area contributed by atoms with Crippen LogP contribution in [0.1, 0.15) is 72.6 Å². The molecule has 0 aromatic heterocycles. The van der Waals surface area contributed by atoms with Crippen LogP contribution in [0.4, 0.5) is 0 Å². The fraction of sp³-hybridized carbons (Fsp3) is 0.909. The minimum atomic E-state index is -4.12. The van der Waals surface area contributed by atoms with E-state index in [4.69, 9.17) is 25.8 Å². The fourth-order valence-electron chi connectivity index (χ4n) is 4.13. The van der Waals surface area contributed by atoms with E-state index in [-0.39, 0.29) is 30.3 Å². The number of hydrogen-bond donors (Lipinski definition) is 1. The van der Waals surface area contributed by atoms with Gasteiger partial charge in [0.15, 0.2) is 11.6 Å². The average molecular weight is 511 g/mol. The number of halogens is 1. The number of carbonyl (C=O) groups excluding carboxylic acids is 2. The minimum absolute atomic E-state index is 0.00205. The van der Waals surface area contributed by atoms with Crippen molar-refractivity contribution in [3.05, 3.63) is 0 Å². The lowest BCUT2D eigenvalue weighted by Crippen LogP contribution is -2.54. The number of ether oxygens (including phenoxy) is 3. The Kier molecular flexibility index (Phi) is 10.9. The van der Waals surface area contributed by atoms with E-state index >= 15 is 0 Å². The van der Waals surface area contributed by atoms with Gasteiger partial charge in [-0.05, 0) is 72.6 Å². The molecule has 2 unspecified atom stereocenters. The largest absolute Gasteiger partial charge is 0.466 e. The second-order valence-electron chi connectivity index (χ2n) is 9.62. The van der Waals surface area contributed by atoms with Crippen LogP contribution in [-0.2, 0) is 33.8 Å². The standard InChI is InChI=1S/C22H39ClN2O7S/c1-5-30-19(26)16-8-10-17(11-9-16)31-21(25-14-6-7-15-25)24-33(28,29)18(12-13-23)20(27)32-22(2,3)4/h16-18,21,24H,5-15H2,1-4H3. The maximum absolute atomic E-state index is 13.2. The zero-order valence-corrected chi connectivity index (χ0v) is 21.8. The first-order chi connectivity index (χ1) is 15.5. The molecule has 2 rings (SSSR count). The Hall–Kier alpha value is -0.940. The molecule has 1 heterocycles. The van der Waals surface area contributed by atoms with Crippen molar-refractivity contribution >= 4 is 33.6 Å². The lowest BCUT2D eigenvalue weighted by molar-refractivity contribution is -0.154. The molecule has 0 bridgehead atoms. The summed E-state index contributed by atoms with van der Waals surface area (Å²) in [5.74, 6) is -1.16. The van der Waals surface area contributed by atoms with Crippen LogP contribution in [-0.4, -0.2) is 74.1 Å². The van der Waals surface area contributed by atoms with Crippen LogP contribution in [0.3, 0.4) is 0 Å². The molecular formula is C22H39ClN2O7S. The zero-order chi connectivity index (χ0) is 24.6. The summed E-state index contributed by atoms with van der Waals surface area (Å²) in [6.45, 7) is 8.59. The minimum Gasteiger partial charge on any atom is -0.466 e. The maximum atomic E-state index is 13.2. The topological polar surface area (TPSA) is 111 Å². The molecule has 0 radical (unpaired) electrons. The van der Waals surface area contributed by atoms with E-state index < -0.39 is 33.2 Å². The molecule has 1 aliphatic heterocycles. The number of nitrogens with zero attached hydrogens (tertiary/aromatic N) is 1. The summed E-state index contributed by atoms with van der Waals surface area (Å²) in [5, 5.41) is -1.43. The van der Waals surface area contributed by atoms with Crippen LogP contribution in [0.2, 0.25) is 0 Å². The predicted octanol–water partition coefficient (Wildman–Crippen LogP) is 2.76. The van der Waals surface area contributed by atoms with Crippen molar-refractivity contribution in [2.45, 2.75) is 95.9 Å². The molecular weight excluding hydrogens is 472 g/mol. The van der Waals surface area contributed by atoms with Gasteiger partial charge in [-0.25, -0.2) is 8.42 Å². The van der Waals surface area contributed by atoms with Crippen molar-refractivity contribution < 1.29 is 32.2 Å². The number of alkyl halides is 1. The van der Waals surface area contributed by atoms with E-state index in [0.717, 1.165) is 12.8 Å². The van der Waals surface area contributed by atoms with E-state index in [2.05, 4.69) is 4.72 Å². The highest BCUT2D eigenvalue weighted by molar-refractivity contribution is 7.90. The summed E-state index contributed by atoms with van der Waals surface area (Å²) in [5.41, 5.74) is -0.820. The molecule has 9 nitrogen and oxygen atoms in total. The van der Waals surface area contributed by atoms with Crippen LogP contribution < -0.4 is 4.72 Å². The van der Waals surface area contributed by atoms with Gasteiger partial charge in [0.25, 0.3) is 0 Å². The van der Waals surface area contributed by atoms with Crippen LogP contribution in [0.15, 0.2) is 0 Å². The van der Waals surface area contributed by atoms with Gasteiger partial charge in [0.1, 0.15) is 5.60 Å². The predicted molar refractivity (Wildman–Crippen MR) is 125 cm³/mol. The van der Waals surface area contributed by atoms with Crippen LogP contribution >= 0.6 is 11.6 Å². The molecule has 192 valence electrons. The van der Waals surface area contributed by atoms with E-state index in [1.807, 2.05) is 4.90 Å². The normalized spacial score (nSPS) is 24.3. The van der Waals surface area contributed by atoms with Gasteiger partial charge in [0.05, 0.1) is 18.6 Å². The number of sulfonamides is 1. The van der Waals surface area contributed by atoms with Gasteiger partial charge in [-0.2, -0.15) is 4.72 Å². The highest BCUT2D eigenvalue weighted by Gasteiger charge is 2.40. The molecule has 1 saturated carbocycles. The molecule has 1 N–H and O–H groups in total. The molecule has 11 heteroatoms. The Bertz CT molecular complexity index is 742. The Labute approximate surface area is 202 Å². The Morgan fingerprint density at radius 2 is 1.73 bits per heavy atom. The molecule has 2 aliphatic rings. The molecule has 0 amide bonds. The summed E-state index contributed by atoms with van der Waals surface area (Å²) in [6.07, 6.45) is 3.26. The third kappa shape index (κ3) is 8.98. The summed E-state index contributed by atoms with van der Waals surface area (Å²) in [4.78, 5) is 26.6. The number of hydrogen-bond acceptors (Lipinski definition) is 8. The lowest BCUT2D eigenvalue weighted by Gasteiger charge is -2.35. The summed E-state index contributed by atoms with van der Waals surface area (Å²) < 4.78 is 45.7. The zero-order valence-electron chi connectivity index (χ0n) is 20.2. The van der Waals surface area contributed by atoms with Gasteiger partial charge in [-0.1, -0.05) is 0 Å². The highest BCUT2D eigenvalue weighted by atomic mass is 35.5. The Balaban J connectivity index is 2.09. The van der Waals surface area contributed by atoms with E-state index in [1.54, 1.807) is 27.7 Å².